The Balaban J connectivity index is 1.81. The monoisotopic (exact) mass is 398 g/mol. The van der Waals surface area contributed by atoms with E-state index in [4.69, 9.17) is 11.6 Å². The first kappa shape index (κ1) is 22.5. The molecule has 0 aromatic heterocycles. The van der Waals surface area contributed by atoms with Crippen LogP contribution in [-0.2, 0) is 12.8 Å². The zero-order chi connectivity index (χ0) is 20.0. The summed E-state index contributed by atoms with van der Waals surface area (Å²) in [5.74, 6) is 0. The van der Waals surface area contributed by atoms with E-state index in [0.29, 0.717) is 5.17 Å². The highest BCUT2D eigenvalue weighted by molar-refractivity contribution is 6.69. The lowest BCUT2D eigenvalue weighted by Gasteiger charge is -2.06. The van der Waals surface area contributed by atoms with Crippen molar-refractivity contribution in [3.8, 4) is 0 Å². The molecule has 2 nitrogen and oxygen atoms in total. The molecule has 3 heteroatoms. The van der Waals surface area contributed by atoms with Crippen LogP contribution in [0.1, 0.15) is 81.9 Å². The molecule has 0 bridgehead atoms. The Bertz CT molecular complexity index is 689. The van der Waals surface area contributed by atoms with Crippen molar-refractivity contribution in [1.29, 1.82) is 0 Å². The van der Waals surface area contributed by atoms with Crippen LogP contribution in [0.2, 0.25) is 0 Å². The molecule has 0 amide bonds. The van der Waals surface area contributed by atoms with Crippen LogP contribution in [0, 0.1) is 0 Å². The molecule has 0 radical (unpaired) electrons. The van der Waals surface area contributed by atoms with Crippen LogP contribution >= 0.6 is 11.6 Å². The van der Waals surface area contributed by atoms with Crippen molar-refractivity contribution in [2.75, 3.05) is 5.43 Å². The number of unbranched alkanes of at least 4 members (excludes halogenated alkanes) is 6. The number of nitrogens with zero attached hydrogens (tertiary/aromatic N) is 1. The van der Waals surface area contributed by atoms with E-state index in [0.717, 1.165) is 24.1 Å². The lowest BCUT2D eigenvalue weighted by atomic mass is 10.0. The first-order valence-corrected chi connectivity index (χ1v) is 11.3. The van der Waals surface area contributed by atoms with Crippen LogP contribution < -0.4 is 5.43 Å². The topological polar surface area (TPSA) is 24.4 Å². The summed E-state index contributed by atoms with van der Waals surface area (Å²) in [6.07, 6.45) is 12.6. The Labute approximate surface area is 176 Å². The van der Waals surface area contributed by atoms with Gasteiger partial charge in [-0.1, -0.05) is 100 Å². The molecule has 28 heavy (non-hydrogen) atoms. The van der Waals surface area contributed by atoms with Gasteiger partial charge in [-0.15, -0.1) is 0 Å². The molecule has 0 saturated carbocycles. The number of nitrogens with one attached hydrogen (secondary N) is 1. The van der Waals surface area contributed by atoms with E-state index in [1.165, 1.54) is 62.5 Å². The predicted molar refractivity (Wildman–Crippen MR) is 125 cm³/mol. The number of hydrogen-bond acceptors (Lipinski definition) is 2. The van der Waals surface area contributed by atoms with E-state index in [9.17, 15) is 0 Å². The second-order valence-corrected chi connectivity index (χ2v) is 7.89. The molecule has 2 rings (SSSR count). The predicted octanol–water partition coefficient (Wildman–Crippen LogP) is 7.94. The van der Waals surface area contributed by atoms with Gasteiger partial charge >= 0.3 is 0 Å². The average molecular weight is 399 g/mol. The van der Waals surface area contributed by atoms with Crippen molar-refractivity contribution in [3.05, 3.63) is 65.2 Å². The number of hydrazone groups is 1. The van der Waals surface area contributed by atoms with Gasteiger partial charge in [0.05, 0.1) is 5.69 Å². The lowest BCUT2D eigenvalue weighted by Crippen LogP contribution is -1.98. The molecule has 0 aliphatic heterocycles. The zero-order valence-corrected chi connectivity index (χ0v) is 18.3. The average Bonchev–Trinajstić information content (AvgIpc) is 2.74. The van der Waals surface area contributed by atoms with E-state index in [-0.39, 0.29) is 0 Å². The highest BCUT2D eigenvalue weighted by atomic mass is 35.5. The van der Waals surface area contributed by atoms with Crippen molar-refractivity contribution in [1.82, 2.24) is 0 Å². The van der Waals surface area contributed by atoms with Gasteiger partial charge in [0.25, 0.3) is 0 Å². The Morgan fingerprint density at radius 3 is 1.71 bits per heavy atom. The smallest absolute Gasteiger partial charge is 0.156 e. The molecule has 0 unspecified atom stereocenters. The SMILES string of the molecule is CCCCCCc1ccc(NN=C(Cl)c2ccc(CCCCCC)cc2)cc1. The van der Waals surface area contributed by atoms with Gasteiger partial charge in [-0.25, -0.2) is 0 Å². The van der Waals surface area contributed by atoms with Crippen LogP contribution in [0.25, 0.3) is 0 Å². The summed E-state index contributed by atoms with van der Waals surface area (Å²) in [5, 5.41) is 4.82. The summed E-state index contributed by atoms with van der Waals surface area (Å²) in [6.45, 7) is 4.49. The molecule has 0 aliphatic carbocycles. The van der Waals surface area contributed by atoms with Gasteiger partial charge in [0.2, 0.25) is 0 Å². The minimum Gasteiger partial charge on any atom is -0.277 e. The number of halogens is 1. The van der Waals surface area contributed by atoms with Crippen LogP contribution in [0.5, 0.6) is 0 Å². The zero-order valence-electron chi connectivity index (χ0n) is 17.5. The second-order valence-electron chi connectivity index (χ2n) is 7.53. The first-order valence-electron chi connectivity index (χ1n) is 10.9. The number of rotatable bonds is 13. The fourth-order valence-electron chi connectivity index (χ4n) is 3.24. The third-order valence-corrected chi connectivity index (χ3v) is 5.37. The molecule has 0 aliphatic rings. The lowest BCUT2D eigenvalue weighted by molar-refractivity contribution is 0.667. The largest absolute Gasteiger partial charge is 0.277 e. The summed E-state index contributed by atoms with van der Waals surface area (Å²) in [6, 6.07) is 16.9. The molecule has 1 N–H and O–H groups in total. The van der Waals surface area contributed by atoms with Crippen LogP contribution in [0.15, 0.2) is 53.6 Å². The molecule has 0 heterocycles. The number of anilines is 1. The van der Waals surface area contributed by atoms with Gasteiger partial charge in [0.1, 0.15) is 0 Å². The third kappa shape index (κ3) is 8.48. The van der Waals surface area contributed by atoms with Gasteiger partial charge in [0, 0.05) is 5.56 Å². The van der Waals surface area contributed by atoms with E-state index in [1.54, 1.807) is 0 Å². The van der Waals surface area contributed by atoms with Gasteiger partial charge in [0.15, 0.2) is 5.17 Å². The van der Waals surface area contributed by atoms with E-state index in [1.807, 2.05) is 0 Å². The number of benzene rings is 2. The molecule has 0 atom stereocenters. The maximum absolute atomic E-state index is 6.37. The second kappa shape index (κ2) is 13.4. The van der Waals surface area contributed by atoms with Crippen molar-refractivity contribution >= 4 is 22.5 Å². The molecule has 0 fully saturated rings. The van der Waals surface area contributed by atoms with Gasteiger partial charge in [-0.05, 0) is 48.9 Å². The minimum atomic E-state index is 0.487. The van der Waals surface area contributed by atoms with Crippen LogP contribution in [0.3, 0.4) is 0 Å². The van der Waals surface area contributed by atoms with Crippen LogP contribution in [0.4, 0.5) is 5.69 Å². The summed E-state index contributed by atoms with van der Waals surface area (Å²) < 4.78 is 0. The molecule has 0 saturated heterocycles. The molecule has 2 aromatic rings. The molecule has 2 aromatic carbocycles. The Morgan fingerprint density at radius 1 is 0.714 bits per heavy atom. The summed E-state index contributed by atoms with van der Waals surface area (Å²) in [5.41, 5.74) is 7.72. The number of aryl methyl sites for hydroxylation is 2. The summed E-state index contributed by atoms with van der Waals surface area (Å²) >= 11 is 6.37. The molecule has 0 spiro atoms. The molecule has 152 valence electrons. The first-order chi connectivity index (χ1) is 13.7. The van der Waals surface area contributed by atoms with E-state index >= 15 is 0 Å². The Kier molecular flexibility index (Phi) is 10.8. The Hall–Kier alpha value is -1.80. The summed E-state index contributed by atoms with van der Waals surface area (Å²) in [7, 11) is 0. The van der Waals surface area contributed by atoms with Crippen molar-refractivity contribution in [3.63, 3.8) is 0 Å². The van der Waals surface area contributed by atoms with Crippen molar-refractivity contribution in [2.45, 2.75) is 78.1 Å². The normalized spacial score (nSPS) is 11.6. The molecular weight excluding hydrogens is 364 g/mol. The highest BCUT2D eigenvalue weighted by Crippen LogP contribution is 2.15. The van der Waals surface area contributed by atoms with Crippen molar-refractivity contribution in [2.24, 2.45) is 5.10 Å². The molecular formula is C25H35ClN2. The van der Waals surface area contributed by atoms with Crippen molar-refractivity contribution < 1.29 is 0 Å². The fourth-order valence-corrected chi connectivity index (χ4v) is 3.41. The van der Waals surface area contributed by atoms with Gasteiger partial charge in [-0.3, -0.25) is 5.43 Å². The maximum Gasteiger partial charge on any atom is 0.156 e. The quantitative estimate of drug-likeness (QED) is 0.206. The summed E-state index contributed by atoms with van der Waals surface area (Å²) in [4.78, 5) is 0. The van der Waals surface area contributed by atoms with E-state index < -0.39 is 0 Å². The minimum absolute atomic E-state index is 0.487. The van der Waals surface area contributed by atoms with Gasteiger partial charge in [-0.2, -0.15) is 5.10 Å². The van der Waals surface area contributed by atoms with Gasteiger partial charge < -0.3 is 0 Å². The Morgan fingerprint density at radius 2 is 1.21 bits per heavy atom. The third-order valence-electron chi connectivity index (χ3n) is 5.07. The van der Waals surface area contributed by atoms with Crippen LogP contribution in [-0.4, -0.2) is 5.17 Å². The highest BCUT2D eigenvalue weighted by Gasteiger charge is 2.01. The fraction of sp³-hybridized carbons (Fsp3) is 0.480. The van der Waals surface area contributed by atoms with E-state index in [2.05, 4.69) is 72.9 Å². The number of hydrogen-bond donors (Lipinski definition) is 1. The standard InChI is InChI=1S/C25H35ClN2/c1-3-5-7-9-11-21-13-17-23(18-14-21)25(26)28-27-24-19-15-22(16-20-24)12-10-8-6-4-2/h13-20,27H,3-12H2,1-2H3. The maximum atomic E-state index is 6.37.